The molecule has 0 aromatic carbocycles. The normalized spacial score (nSPS) is 42.2. The van der Waals surface area contributed by atoms with Crippen molar-refractivity contribution < 1.29 is 9.53 Å². The Morgan fingerprint density at radius 2 is 1.75 bits per heavy atom. The highest BCUT2D eigenvalue weighted by Gasteiger charge is 2.59. The van der Waals surface area contributed by atoms with Crippen molar-refractivity contribution in [3.63, 3.8) is 0 Å². The summed E-state index contributed by atoms with van der Waals surface area (Å²) in [6.45, 7) is 10.2. The minimum atomic E-state index is -0.468. The molecular weight excluding hydrogens is 328 g/mol. The van der Waals surface area contributed by atoms with Crippen LogP contribution in [0, 0.1) is 0 Å². The molecule has 2 unspecified atom stereocenters. The lowest BCUT2D eigenvalue weighted by Crippen LogP contribution is -2.73. The van der Waals surface area contributed by atoms with Gasteiger partial charge in [-0.15, -0.1) is 11.6 Å². The standard InChI is InChI=1S/C17H31ClN4O2/c1-15(2,3)24-14(23)22-16(4)7-8-17(22,5)10-11(9-16)21(6)13-12(18)19-20-13/h11-13,19-20H,7-10H2,1-6H3/t11?,12-,13?,16-,17+/m0/s1. The van der Waals surface area contributed by atoms with Gasteiger partial charge in [-0.25, -0.2) is 15.6 Å². The highest BCUT2D eigenvalue weighted by Crippen LogP contribution is 2.52. The minimum absolute atomic E-state index is 0.0721. The molecule has 3 rings (SSSR count). The Balaban J connectivity index is 1.78. The van der Waals surface area contributed by atoms with Gasteiger partial charge in [0.2, 0.25) is 0 Å². The van der Waals surface area contributed by atoms with Gasteiger partial charge in [0.05, 0.1) is 0 Å². The lowest BCUT2D eigenvalue weighted by atomic mass is 9.81. The number of ether oxygens (including phenoxy) is 1. The molecule has 0 saturated carbocycles. The fraction of sp³-hybridized carbons (Fsp3) is 0.941. The number of amides is 1. The zero-order valence-electron chi connectivity index (χ0n) is 15.6. The summed E-state index contributed by atoms with van der Waals surface area (Å²) in [5.74, 6) is 0. The maximum atomic E-state index is 12.9. The molecule has 0 radical (unpaired) electrons. The molecule has 0 aromatic rings. The first kappa shape index (κ1) is 18.2. The molecule has 3 saturated heterocycles. The average Bonchev–Trinajstić information content (AvgIpc) is 2.57. The van der Waals surface area contributed by atoms with Crippen molar-refractivity contribution >= 4 is 17.7 Å². The molecule has 0 aromatic heterocycles. The lowest BCUT2D eigenvalue weighted by molar-refractivity contribution is -0.0644. The van der Waals surface area contributed by atoms with Crippen LogP contribution in [0.15, 0.2) is 0 Å². The SMILES string of the molecule is CN(C1C[C@]2(C)CC[C@](C)(C1)N2C(=O)OC(C)(C)C)C1NN[C@@H]1Cl. The van der Waals surface area contributed by atoms with E-state index in [0.29, 0.717) is 6.04 Å². The van der Waals surface area contributed by atoms with Crippen LogP contribution >= 0.6 is 11.6 Å². The van der Waals surface area contributed by atoms with Gasteiger partial charge < -0.3 is 4.74 Å². The molecule has 7 heteroatoms. The molecule has 3 aliphatic heterocycles. The van der Waals surface area contributed by atoms with E-state index in [1.165, 1.54) is 0 Å². The topological polar surface area (TPSA) is 56.8 Å². The predicted octanol–water partition coefficient (Wildman–Crippen LogP) is 2.63. The number of nitrogens with zero attached hydrogens (tertiary/aromatic N) is 2. The van der Waals surface area contributed by atoms with Crippen LogP contribution in [0.25, 0.3) is 0 Å². The number of piperidine rings is 1. The fourth-order valence-corrected chi connectivity index (χ4v) is 4.98. The summed E-state index contributed by atoms with van der Waals surface area (Å²) in [4.78, 5) is 17.2. The van der Waals surface area contributed by atoms with Gasteiger partial charge in [-0.05, 0) is 67.3 Å². The molecule has 0 aliphatic carbocycles. The first-order valence-corrected chi connectivity index (χ1v) is 9.29. The summed E-state index contributed by atoms with van der Waals surface area (Å²) in [6, 6.07) is 0.391. The first-order chi connectivity index (χ1) is 11.0. The Kier molecular flexibility index (Phi) is 4.35. The van der Waals surface area contributed by atoms with Crippen molar-refractivity contribution in [2.24, 2.45) is 0 Å². The van der Waals surface area contributed by atoms with E-state index in [-0.39, 0.29) is 28.8 Å². The highest BCUT2D eigenvalue weighted by molar-refractivity contribution is 6.21. The van der Waals surface area contributed by atoms with E-state index in [9.17, 15) is 4.79 Å². The zero-order valence-corrected chi connectivity index (χ0v) is 16.4. The molecule has 6 nitrogen and oxygen atoms in total. The van der Waals surface area contributed by atoms with E-state index < -0.39 is 5.60 Å². The third-order valence-electron chi connectivity index (χ3n) is 5.87. The average molecular weight is 359 g/mol. The van der Waals surface area contributed by atoms with Gasteiger partial charge >= 0.3 is 6.09 Å². The maximum Gasteiger partial charge on any atom is 0.411 e. The Morgan fingerprint density at radius 3 is 2.12 bits per heavy atom. The Bertz CT molecular complexity index is 505. The number of carbonyl (C=O) groups is 1. The molecule has 138 valence electrons. The third-order valence-corrected chi connectivity index (χ3v) is 6.22. The van der Waals surface area contributed by atoms with E-state index in [1.807, 2.05) is 25.7 Å². The van der Waals surface area contributed by atoms with Crippen LogP contribution < -0.4 is 10.9 Å². The third kappa shape index (κ3) is 3.02. The van der Waals surface area contributed by atoms with Crippen LogP contribution in [0.5, 0.6) is 0 Å². The van der Waals surface area contributed by atoms with Crippen molar-refractivity contribution in [1.29, 1.82) is 0 Å². The van der Waals surface area contributed by atoms with Crippen LogP contribution in [0.1, 0.15) is 60.3 Å². The van der Waals surface area contributed by atoms with Crippen LogP contribution in [0.2, 0.25) is 0 Å². The van der Waals surface area contributed by atoms with E-state index >= 15 is 0 Å². The van der Waals surface area contributed by atoms with Gasteiger partial charge in [0.1, 0.15) is 17.3 Å². The van der Waals surface area contributed by atoms with Crippen molar-refractivity contribution in [2.75, 3.05) is 7.05 Å². The quantitative estimate of drug-likeness (QED) is 0.587. The largest absolute Gasteiger partial charge is 0.444 e. The predicted molar refractivity (Wildman–Crippen MR) is 94.6 cm³/mol. The summed E-state index contributed by atoms with van der Waals surface area (Å²) < 4.78 is 5.71. The highest BCUT2D eigenvalue weighted by atomic mass is 35.5. The Morgan fingerprint density at radius 1 is 1.21 bits per heavy atom. The Hall–Kier alpha value is -0.560. The number of carbonyl (C=O) groups excluding carboxylic acids is 1. The molecule has 3 fully saturated rings. The monoisotopic (exact) mass is 358 g/mol. The van der Waals surface area contributed by atoms with Gasteiger partial charge in [0, 0.05) is 17.1 Å². The summed E-state index contributed by atoms with van der Waals surface area (Å²) >= 11 is 6.24. The van der Waals surface area contributed by atoms with Crippen molar-refractivity contribution in [3.8, 4) is 0 Å². The van der Waals surface area contributed by atoms with Crippen LogP contribution in [-0.4, -0.2) is 57.3 Å². The molecule has 2 N–H and O–H groups in total. The fourth-order valence-electron chi connectivity index (χ4n) is 4.68. The van der Waals surface area contributed by atoms with Crippen LogP contribution in [-0.2, 0) is 4.74 Å². The Labute approximate surface area is 150 Å². The zero-order chi connectivity index (χ0) is 17.9. The van der Waals surface area contributed by atoms with E-state index in [4.69, 9.17) is 16.3 Å². The van der Waals surface area contributed by atoms with Crippen molar-refractivity contribution in [3.05, 3.63) is 0 Å². The second kappa shape index (κ2) is 5.73. The molecular formula is C17H31ClN4O2. The number of hydrogen-bond donors (Lipinski definition) is 2. The number of fused-ring (bicyclic) bond motifs is 2. The number of alkyl halides is 1. The second-order valence-corrected chi connectivity index (χ2v) is 9.64. The number of rotatable bonds is 2. The van der Waals surface area contributed by atoms with Gasteiger partial charge in [0.25, 0.3) is 0 Å². The van der Waals surface area contributed by atoms with Crippen molar-refractivity contribution in [2.45, 2.75) is 94.7 Å². The number of likely N-dealkylation sites (N-methyl/N-ethyl adjacent to an activating group) is 1. The molecule has 5 atom stereocenters. The molecule has 3 heterocycles. The first-order valence-electron chi connectivity index (χ1n) is 8.86. The number of hydrogen-bond acceptors (Lipinski definition) is 5. The summed E-state index contributed by atoms with van der Waals surface area (Å²) in [5, 5.41) is 0. The van der Waals surface area contributed by atoms with E-state index in [1.54, 1.807) is 0 Å². The van der Waals surface area contributed by atoms with Gasteiger partial charge in [-0.3, -0.25) is 9.80 Å². The minimum Gasteiger partial charge on any atom is -0.444 e. The number of hydrazine groups is 1. The van der Waals surface area contributed by atoms with Crippen LogP contribution in [0.4, 0.5) is 4.79 Å². The maximum absolute atomic E-state index is 12.9. The van der Waals surface area contributed by atoms with Gasteiger partial charge in [-0.1, -0.05) is 0 Å². The molecule has 3 aliphatic rings. The van der Waals surface area contributed by atoms with Crippen molar-refractivity contribution in [1.82, 2.24) is 20.7 Å². The van der Waals surface area contributed by atoms with Gasteiger partial charge in [0.15, 0.2) is 0 Å². The molecule has 1 amide bonds. The number of nitrogens with one attached hydrogen (secondary N) is 2. The summed E-state index contributed by atoms with van der Waals surface area (Å²) in [5.41, 5.74) is 5.29. The lowest BCUT2D eigenvalue weighted by Gasteiger charge is -2.54. The summed E-state index contributed by atoms with van der Waals surface area (Å²) in [7, 11) is 2.12. The second-order valence-electron chi connectivity index (χ2n) is 9.17. The molecule has 2 bridgehead atoms. The molecule has 24 heavy (non-hydrogen) atoms. The van der Waals surface area contributed by atoms with Gasteiger partial charge in [-0.2, -0.15) is 0 Å². The van der Waals surface area contributed by atoms with E-state index in [2.05, 4.69) is 36.6 Å². The van der Waals surface area contributed by atoms with Crippen LogP contribution in [0.3, 0.4) is 0 Å². The number of halogens is 1. The van der Waals surface area contributed by atoms with E-state index in [0.717, 1.165) is 25.7 Å². The smallest absolute Gasteiger partial charge is 0.411 e. The summed E-state index contributed by atoms with van der Waals surface area (Å²) in [6.07, 6.45) is 3.89. The molecule has 0 spiro atoms.